The van der Waals surface area contributed by atoms with Crippen LogP contribution in [0, 0.1) is 0 Å². The Labute approximate surface area is 119 Å². The van der Waals surface area contributed by atoms with Crippen LogP contribution >= 0.6 is 0 Å². The molecule has 0 saturated heterocycles. The van der Waals surface area contributed by atoms with E-state index in [0.29, 0.717) is 13.2 Å². The van der Waals surface area contributed by atoms with Crippen LogP contribution < -0.4 is 9.64 Å². The minimum absolute atomic E-state index is 0.0132. The quantitative estimate of drug-likeness (QED) is 0.828. The van der Waals surface area contributed by atoms with E-state index in [4.69, 9.17) is 9.84 Å². The molecule has 0 saturated carbocycles. The van der Waals surface area contributed by atoms with Crippen LogP contribution in [0.3, 0.4) is 0 Å². The number of hydrogen-bond donors (Lipinski definition) is 1. The number of aromatic carboxylic acids is 1. The largest absolute Gasteiger partial charge is 0.478 e. The third kappa shape index (κ3) is 5.46. The summed E-state index contributed by atoms with van der Waals surface area (Å²) in [6.45, 7) is -0.856. The van der Waals surface area contributed by atoms with Gasteiger partial charge < -0.3 is 19.5 Å². The maximum absolute atomic E-state index is 12.1. The maximum atomic E-state index is 12.1. The van der Waals surface area contributed by atoms with Gasteiger partial charge in [-0.05, 0) is 6.07 Å². The van der Waals surface area contributed by atoms with E-state index in [9.17, 15) is 18.0 Å². The van der Waals surface area contributed by atoms with Crippen LogP contribution in [0.25, 0.3) is 0 Å². The topological polar surface area (TPSA) is 71.9 Å². The number of nitrogens with zero attached hydrogens (tertiary/aromatic N) is 2. The number of alkyl halides is 3. The summed E-state index contributed by atoms with van der Waals surface area (Å²) in [6, 6.07) is 2.24. The first-order valence-corrected chi connectivity index (χ1v) is 5.88. The highest BCUT2D eigenvalue weighted by atomic mass is 19.4. The van der Waals surface area contributed by atoms with Gasteiger partial charge in [0.2, 0.25) is 5.88 Å². The number of anilines is 1. The second-order valence-electron chi connectivity index (χ2n) is 4.14. The summed E-state index contributed by atoms with van der Waals surface area (Å²) in [5.74, 6) is -1.51. The van der Waals surface area contributed by atoms with Gasteiger partial charge in [-0.2, -0.15) is 18.2 Å². The minimum Gasteiger partial charge on any atom is -0.478 e. The average Bonchev–Trinajstić information content (AvgIpc) is 2.41. The van der Waals surface area contributed by atoms with E-state index < -0.39 is 18.8 Å². The molecule has 0 amide bonds. The van der Waals surface area contributed by atoms with Crippen LogP contribution in [-0.2, 0) is 4.74 Å². The van der Waals surface area contributed by atoms with Crippen LogP contribution in [0.4, 0.5) is 19.0 Å². The molecule has 0 unspecified atom stereocenters. The Bertz CT molecular complexity index is 494. The van der Waals surface area contributed by atoms with Gasteiger partial charge in [-0.15, -0.1) is 0 Å². The predicted molar refractivity (Wildman–Crippen MR) is 67.9 cm³/mol. The molecule has 118 valence electrons. The number of carboxylic acid groups (broad SMARTS) is 1. The van der Waals surface area contributed by atoms with Crippen molar-refractivity contribution in [3.8, 4) is 5.88 Å². The summed E-state index contributed by atoms with van der Waals surface area (Å²) in [5.41, 5.74) is -0.132. The molecule has 0 atom stereocenters. The number of carboxylic acids is 1. The number of pyridine rings is 1. The summed E-state index contributed by atoms with van der Waals surface area (Å²) in [5, 5.41) is 9.07. The predicted octanol–water partition coefficient (Wildman–Crippen LogP) is 1.80. The number of likely N-dealkylation sites (N-methyl/N-ethyl adjacent to an activating group) is 1. The summed E-state index contributed by atoms with van der Waals surface area (Å²) in [7, 11) is 3.03. The van der Waals surface area contributed by atoms with Crippen molar-refractivity contribution in [2.24, 2.45) is 0 Å². The zero-order chi connectivity index (χ0) is 16.0. The highest BCUT2D eigenvalue weighted by Crippen LogP contribution is 2.23. The second-order valence-corrected chi connectivity index (χ2v) is 4.14. The number of carbonyl (C=O) groups is 1. The number of aromatic nitrogens is 1. The highest BCUT2D eigenvalue weighted by molar-refractivity contribution is 5.93. The van der Waals surface area contributed by atoms with Gasteiger partial charge in [-0.25, -0.2) is 4.79 Å². The number of methoxy groups -OCH3 is 1. The van der Waals surface area contributed by atoms with E-state index in [1.807, 2.05) is 0 Å². The molecule has 0 aliphatic rings. The summed E-state index contributed by atoms with van der Waals surface area (Å²) < 4.78 is 45.7. The molecule has 0 aliphatic heterocycles. The first-order valence-electron chi connectivity index (χ1n) is 5.88. The number of rotatable bonds is 7. The van der Waals surface area contributed by atoms with E-state index in [1.165, 1.54) is 12.0 Å². The lowest BCUT2D eigenvalue weighted by Gasteiger charge is -2.20. The van der Waals surface area contributed by atoms with Crippen molar-refractivity contribution >= 4 is 11.8 Å². The fraction of sp³-hybridized carbons (Fsp3) is 0.500. The van der Waals surface area contributed by atoms with Gasteiger partial charge in [0.1, 0.15) is 11.4 Å². The number of ether oxygens (including phenoxy) is 2. The van der Waals surface area contributed by atoms with Crippen LogP contribution in [0.5, 0.6) is 5.88 Å². The SMILES string of the molecule is COCCN(C)c1nc(OCC(F)(F)F)ccc1C(=O)O. The van der Waals surface area contributed by atoms with E-state index in [1.54, 1.807) is 7.05 Å². The monoisotopic (exact) mass is 308 g/mol. The fourth-order valence-corrected chi connectivity index (χ4v) is 1.46. The Morgan fingerprint density at radius 1 is 1.43 bits per heavy atom. The Kier molecular flexibility index (Phi) is 5.77. The third-order valence-electron chi connectivity index (χ3n) is 2.46. The third-order valence-corrected chi connectivity index (χ3v) is 2.46. The second kappa shape index (κ2) is 7.11. The van der Waals surface area contributed by atoms with E-state index >= 15 is 0 Å². The molecule has 0 spiro atoms. The zero-order valence-electron chi connectivity index (χ0n) is 11.5. The summed E-state index contributed by atoms with van der Waals surface area (Å²) in [6.07, 6.45) is -4.49. The molecule has 21 heavy (non-hydrogen) atoms. The van der Waals surface area contributed by atoms with E-state index in [2.05, 4.69) is 9.72 Å². The molecule has 6 nitrogen and oxygen atoms in total. The smallest absolute Gasteiger partial charge is 0.422 e. The van der Waals surface area contributed by atoms with Crippen molar-refractivity contribution in [1.82, 2.24) is 4.98 Å². The first kappa shape index (κ1) is 17.0. The Hall–Kier alpha value is -2.03. The van der Waals surface area contributed by atoms with Gasteiger partial charge in [0.25, 0.3) is 0 Å². The Balaban J connectivity index is 2.97. The van der Waals surface area contributed by atoms with E-state index in [0.717, 1.165) is 12.1 Å². The minimum atomic E-state index is -4.49. The molecule has 0 bridgehead atoms. The van der Waals surface area contributed by atoms with Gasteiger partial charge in [0.05, 0.1) is 6.61 Å². The lowest BCUT2D eigenvalue weighted by molar-refractivity contribution is -0.154. The van der Waals surface area contributed by atoms with Crippen molar-refractivity contribution in [3.63, 3.8) is 0 Å². The molecule has 0 fully saturated rings. The van der Waals surface area contributed by atoms with Gasteiger partial charge >= 0.3 is 12.1 Å². The van der Waals surface area contributed by atoms with Gasteiger partial charge in [-0.1, -0.05) is 0 Å². The number of halogens is 3. The van der Waals surface area contributed by atoms with Gasteiger partial charge in [0.15, 0.2) is 6.61 Å². The molecule has 1 aromatic rings. The maximum Gasteiger partial charge on any atom is 0.422 e. The molecule has 0 aromatic carbocycles. The lowest BCUT2D eigenvalue weighted by Crippen LogP contribution is -2.26. The molecular formula is C12H15F3N2O4. The number of hydrogen-bond acceptors (Lipinski definition) is 5. The summed E-state index contributed by atoms with van der Waals surface area (Å²) in [4.78, 5) is 16.4. The van der Waals surface area contributed by atoms with Gasteiger partial charge in [-0.3, -0.25) is 0 Å². The fourth-order valence-electron chi connectivity index (χ4n) is 1.46. The first-order chi connectivity index (χ1) is 9.74. The van der Waals surface area contributed by atoms with Crippen molar-refractivity contribution < 1.29 is 32.5 Å². The van der Waals surface area contributed by atoms with Gasteiger partial charge in [0, 0.05) is 26.8 Å². The standard InChI is InChI=1S/C12H15F3N2O4/c1-17(5-6-20-2)10-8(11(18)19)3-4-9(16-10)21-7-12(13,14)15/h3-4H,5-7H2,1-2H3,(H,18,19). The normalized spacial score (nSPS) is 11.3. The van der Waals surface area contributed by atoms with Crippen molar-refractivity contribution in [2.45, 2.75) is 6.18 Å². The highest BCUT2D eigenvalue weighted by Gasteiger charge is 2.29. The Morgan fingerprint density at radius 2 is 2.10 bits per heavy atom. The van der Waals surface area contributed by atoms with Crippen molar-refractivity contribution in [2.75, 3.05) is 38.8 Å². The molecular weight excluding hydrogens is 293 g/mol. The van der Waals surface area contributed by atoms with Crippen LogP contribution in [0.2, 0.25) is 0 Å². The zero-order valence-corrected chi connectivity index (χ0v) is 11.5. The average molecular weight is 308 g/mol. The van der Waals surface area contributed by atoms with Crippen LogP contribution in [0.1, 0.15) is 10.4 Å². The van der Waals surface area contributed by atoms with Crippen molar-refractivity contribution in [1.29, 1.82) is 0 Å². The van der Waals surface area contributed by atoms with E-state index in [-0.39, 0.29) is 17.3 Å². The van der Waals surface area contributed by atoms with Crippen LogP contribution in [0.15, 0.2) is 12.1 Å². The molecule has 1 aromatic heterocycles. The molecule has 0 radical (unpaired) electrons. The Morgan fingerprint density at radius 3 is 2.62 bits per heavy atom. The molecule has 1 rings (SSSR count). The molecule has 1 N–H and O–H groups in total. The van der Waals surface area contributed by atoms with Crippen LogP contribution in [-0.4, -0.2) is 56.2 Å². The summed E-state index contributed by atoms with van der Waals surface area (Å²) >= 11 is 0. The molecule has 0 aliphatic carbocycles. The molecule has 9 heteroatoms. The van der Waals surface area contributed by atoms with Crippen molar-refractivity contribution in [3.05, 3.63) is 17.7 Å². The lowest BCUT2D eigenvalue weighted by atomic mass is 10.2. The molecule has 1 heterocycles.